The summed E-state index contributed by atoms with van der Waals surface area (Å²) in [6.07, 6.45) is 7.15. The Morgan fingerprint density at radius 3 is 3.18 bits per heavy atom. The first kappa shape index (κ1) is 11.9. The average Bonchev–Trinajstić information content (AvgIpc) is 2.40. The minimum absolute atomic E-state index is 0.265. The van der Waals surface area contributed by atoms with Crippen molar-refractivity contribution in [3.63, 3.8) is 0 Å². The van der Waals surface area contributed by atoms with E-state index in [0.29, 0.717) is 12.6 Å². The van der Waals surface area contributed by atoms with Crippen molar-refractivity contribution >= 4 is 5.84 Å². The Morgan fingerprint density at radius 2 is 2.47 bits per heavy atom. The lowest BCUT2D eigenvalue weighted by Gasteiger charge is -2.35. The molecule has 2 heterocycles. The van der Waals surface area contributed by atoms with E-state index in [9.17, 15) is 0 Å². The lowest BCUT2D eigenvalue weighted by atomic mass is 9.96. The first-order valence-corrected chi connectivity index (χ1v) is 5.91. The fourth-order valence-corrected chi connectivity index (χ4v) is 2.37. The summed E-state index contributed by atoms with van der Waals surface area (Å²) in [5.41, 5.74) is 6.79. The number of rotatable bonds is 3. The van der Waals surface area contributed by atoms with Crippen LogP contribution in [0.25, 0.3) is 0 Å². The number of hydrogen-bond donors (Lipinski definition) is 2. The minimum Gasteiger partial charge on any atom is -0.409 e. The van der Waals surface area contributed by atoms with Gasteiger partial charge in [0.2, 0.25) is 0 Å². The molecule has 0 radical (unpaired) electrons. The fraction of sp³-hybridized carbons (Fsp3) is 0.500. The van der Waals surface area contributed by atoms with E-state index in [1.807, 2.05) is 12.3 Å². The van der Waals surface area contributed by atoms with Crippen LogP contribution in [-0.4, -0.2) is 34.0 Å². The van der Waals surface area contributed by atoms with Crippen LogP contribution in [0.4, 0.5) is 0 Å². The van der Waals surface area contributed by atoms with Gasteiger partial charge in [0, 0.05) is 18.4 Å². The Bertz CT molecular complexity index is 379. The number of oxime groups is 1. The van der Waals surface area contributed by atoms with E-state index in [-0.39, 0.29) is 5.84 Å². The molecule has 1 aliphatic heterocycles. The topological polar surface area (TPSA) is 74.7 Å². The highest BCUT2D eigenvalue weighted by Gasteiger charge is 2.24. The maximum Gasteiger partial charge on any atom is 0.153 e. The minimum atomic E-state index is 0.265. The molecule has 17 heavy (non-hydrogen) atoms. The molecule has 2 rings (SSSR count). The van der Waals surface area contributed by atoms with Crippen molar-refractivity contribution in [2.75, 3.05) is 13.1 Å². The van der Waals surface area contributed by atoms with Crippen LogP contribution in [0.2, 0.25) is 0 Å². The summed E-state index contributed by atoms with van der Waals surface area (Å²) in [7, 11) is 0. The van der Waals surface area contributed by atoms with E-state index >= 15 is 0 Å². The Kier molecular flexibility index (Phi) is 3.93. The Labute approximate surface area is 101 Å². The molecule has 0 aliphatic carbocycles. The molecule has 1 aliphatic rings. The van der Waals surface area contributed by atoms with Crippen molar-refractivity contribution in [2.45, 2.75) is 25.3 Å². The number of nitrogens with two attached hydrogens (primary N) is 1. The van der Waals surface area contributed by atoms with Gasteiger partial charge in [0.1, 0.15) is 0 Å². The number of nitrogens with zero attached hydrogens (tertiary/aromatic N) is 3. The molecule has 0 aromatic carbocycles. The second-order valence-corrected chi connectivity index (χ2v) is 4.36. The summed E-state index contributed by atoms with van der Waals surface area (Å²) in [4.78, 5) is 6.40. The van der Waals surface area contributed by atoms with Gasteiger partial charge in [-0.1, -0.05) is 17.6 Å². The first-order chi connectivity index (χ1) is 8.31. The van der Waals surface area contributed by atoms with Crippen molar-refractivity contribution in [1.29, 1.82) is 0 Å². The van der Waals surface area contributed by atoms with E-state index in [1.54, 1.807) is 6.20 Å². The molecule has 0 unspecified atom stereocenters. The van der Waals surface area contributed by atoms with Gasteiger partial charge in [0.25, 0.3) is 0 Å². The van der Waals surface area contributed by atoms with Gasteiger partial charge in [0.05, 0.1) is 6.54 Å². The van der Waals surface area contributed by atoms with Crippen LogP contribution < -0.4 is 5.73 Å². The van der Waals surface area contributed by atoms with Gasteiger partial charge in [0.15, 0.2) is 5.84 Å². The zero-order valence-electron chi connectivity index (χ0n) is 9.79. The third kappa shape index (κ3) is 2.94. The molecule has 1 aromatic rings. The Balaban J connectivity index is 2.12. The highest BCUT2D eigenvalue weighted by molar-refractivity contribution is 5.81. The van der Waals surface area contributed by atoms with Crippen LogP contribution in [-0.2, 0) is 0 Å². The second kappa shape index (κ2) is 5.63. The summed E-state index contributed by atoms with van der Waals surface area (Å²) >= 11 is 0. The van der Waals surface area contributed by atoms with Crippen LogP contribution >= 0.6 is 0 Å². The smallest absolute Gasteiger partial charge is 0.153 e. The molecule has 1 saturated heterocycles. The molecule has 5 nitrogen and oxygen atoms in total. The molecular formula is C12H18N4O. The highest BCUT2D eigenvalue weighted by Crippen LogP contribution is 2.29. The number of likely N-dealkylation sites (tertiary alicyclic amines) is 1. The largest absolute Gasteiger partial charge is 0.409 e. The molecule has 1 aromatic heterocycles. The van der Waals surface area contributed by atoms with E-state index in [0.717, 1.165) is 19.4 Å². The summed E-state index contributed by atoms with van der Waals surface area (Å²) < 4.78 is 0. The van der Waals surface area contributed by atoms with Crippen molar-refractivity contribution in [2.24, 2.45) is 10.9 Å². The standard InChI is InChI=1S/C12H18N4O/c13-12(15-17)9-16-7-2-1-5-11(16)10-4-3-6-14-8-10/h3-4,6,8,11,17H,1-2,5,7,9H2,(H2,13,15)/t11-/m0/s1. The SMILES string of the molecule is NC(CN1CCCC[C@H]1c1cccnc1)=NO. The third-order valence-electron chi connectivity index (χ3n) is 3.18. The molecule has 0 spiro atoms. The maximum atomic E-state index is 8.65. The van der Waals surface area contributed by atoms with Gasteiger partial charge < -0.3 is 10.9 Å². The summed E-state index contributed by atoms with van der Waals surface area (Å²) in [6, 6.07) is 4.37. The first-order valence-electron chi connectivity index (χ1n) is 5.91. The van der Waals surface area contributed by atoms with Crippen LogP contribution in [0.1, 0.15) is 30.9 Å². The number of hydrogen-bond acceptors (Lipinski definition) is 4. The molecule has 1 fully saturated rings. The van der Waals surface area contributed by atoms with Crippen molar-refractivity contribution in [3.8, 4) is 0 Å². The van der Waals surface area contributed by atoms with Gasteiger partial charge in [-0.3, -0.25) is 9.88 Å². The van der Waals surface area contributed by atoms with Gasteiger partial charge in [-0.05, 0) is 31.0 Å². The monoisotopic (exact) mass is 234 g/mol. The molecule has 5 heteroatoms. The number of amidine groups is 1. The van der Waals surface area contributed by atoms with E-state index in [2.05, 4.69) is 21.1 Å². The summed E-state index contributed by atoms with van der Waals surface area (Å²) in [6.45, 7) is 1.49. The zero-order chi connectivity index (χ0) is 12.1. The van der Waals surface area contributed by atoms with Gasteiger partial charge >= 0.3 is 0 Å². The quantitative estimate of drug-likeness (QED) is 0.358. The molecule has 3 N–H and O–H groups in total. The van der Waals surface area contributed by atoms with Gasteiger partial charge in [-0.25, -0.2) is 0 Å². The van der Waals surface area contributed by atoms with E-state index in [4.69, 9.17) is 10.9 Å². The number of piperidine rings is 1. The molecule has 0 saturated carbocycles. The van der Waals surface area contributed by atoms with Crippen LogP contribution in [0, 0.1) is 0 Å². The highest BCUT2D eigenvalue weighted by atomic mass is 16.4. The average molecular weight is 234 g/mol. The Morgan fingerprint density at radius 1 is 1.59 bits per heavy atom. The van der Waals surface area contributed by atoms with Crippen molar-refractivity contribution in [1.82, 2.24) is 9.88 Å². The third-order valence-corrected chi connectivity index (χ3v) is 3.18. The lowest BCUT2D eigenvalue weighted by Crippen LogP contribution is -2.39. The van der Waals surface area contributed by atoms with Crippen LogP contribution in [0.5, 0.6) is 0 Å². The predicted molar refractivity (Wildman–Crippen MR) is 65.8 cm³/mol. The molecule has 1 atom stereocenters. The Hall–Kier alpha value is -1.62. The maximum absolute atomic E-state index is 8.65. The number of aromatic nitrogens is 1. The van der Waals surface area contributed by atoms with Crippen molar-refractivity contribution in [3.05, 3.63) is 30.1 Å². The molecule has 0 amide bonds. The zero-order valence-corrected chi connectivity index (χ0v) is 9.79. The molecular weight excluding hydrogens is 216 g/mol. The summed E-state index contributed by atoms with van der Waals surface area (Å²) in [5.74, 6) is 0.265. The van der Waals surface area contributed by atoms with Gasteiger partial charge in [-0.2, -0.15) is 0 Å². The normalized spacial score (nSPS) is 22.6. The summed E-state index contributed by atoms with van der Waals surface area (Å²) in [5, 5.41) is 11.7. The fourth-order valence-electron chi connectivity index (χ4n) is 2.37. The second-order valence-electron chi connectivity index (χ2n) is 4.36. The van der Waals surface area contributed by atoms with Crippen LogP contribution in [0.3, 0.4) is 0 Å². The van der Waals surface area contributed by atoms with Crippen LogP contribution in [0.15, 0.2) is 29.7 Å². The predicted octanol–water partition coefficient (Wildman–Crippen LogP) is 1.35. The van der Waals surface area contributed by atoms with E-state index in [1.165, 1.54) is 12.0 Å². The molecule has 0 bridgehead atoms. The van der Waals surface area contributed by atoms with Crippen molar-refractivity contribution < 1.29 is 5.21 Å². The number of pyridine rings is 1. The van der Waals surface area contributed by atoms with Gasteiger partial charge in [-0.15, -0.1) is 0 Å². The lowest BCUT2D eigenvalue weighted by molar-refractivity contribution is 0.169. The van der Waals surface area contributed by atoms with E-state index < -0.39 is 0 Å². The molecule has 92 valence electrons.